The van der Waals surface area contributed by atoms with Gasteiger partial charge >= 0.3 is 0 Å². The molecule has 10 heteroatoms. The summed E-state index contributed by atoms with van der Waals surface area (Å²) in [6, 6.07) is 9.49. The van der Waals surface area contributed by atoms with E-state index in [0.717, 1.165) is 23.1 Å². The second kappa shape index (κ2) is 14.8. The van der Waals surface area contributed by atoms with Gasteiger partial charge in [-0.1, -0.05) is 26.8 Å². The number of rotatable bonds is 7. The lowest BCUT2D eigenvalue weighted by atomic mass is 9.90. The summed E-state index contributed by atoms with van der Waals surface area (Å²) in [6.45, 7) is 7.10. The molecule has 4 rings (SSSR count). The lowest BCUT2D eigenvalue weighted by molar-refractivity contribution is -0.131. The highest BCUT2D eigenvalue weighted by atomic mass is 16.5. The second-order valence-electron chi connectivity index (χ2n) is 9.29. The number of ether oxygens (including phenoxy) is 2. The van der Waals surface area contributed by atoms with Crippen molar-refractivity contribution in [1.82, 2.24) is 24.6 Å². The van der Waals surface area contributed by atoms with E-state index in [2.05, 4.69) is 10.1 Å². The molecule has 1 aliphatic heterocycles. The summed E-state index contributed by atoms with van der Waals surface area (Å²) < 4.78 is 12.2. The Balaban J connectivity index is 0.00000226. The fourth-order valence-electron chi connectivity index (χ4n) is 4.71. The Kier molecular flexibility index (Phi) is 11.2. The molecular weight excluding hydrogens is 520 g/mol. The number of benzene rings is 1. The van der Waals surface area contributed by atoms with Gasteiger partial charge in [0.15, 0.2) is 17.8 Å². The molecule has 2 N–H and O–H groups in total. The second-order valence-corrected chi connectivity index (χ2v) is 9.29. The minimum Gasteiger partial charge on any atom is -0.493 e. The maximum atomic E-state index is 12.2. The smallest absolute Gasteiger partial charge is 0.222 e. The molecule has 0 spiro atoms. The Morgan fingerprint density at radius 3 is 2.22 bits per heavy atom. The zero-order valence-electron chi connectivity index (χ0n) is 24.8. The van der Waals surface area contributed by atoms with E-state index in [1.54, 1.807) is 39.9 Å². The number of methoxy groups -OCH3 is 2. The van der Waals surface area contributed by atoms with Crippen molar-refractivity contribution < 1.29 is 19.1 Å². The lowest BCUT2D eigenvalue weighted by Gasteiger charge is -2.31. The predicted molar refractivity (Wildman–Crippen MR) is 160 cm³/mol. The molecule has 1 amide bonds. The first kappa shape index (κ1) is 31.1. The van der Waals surface area contributed by atoms with Gasteiger partial charge in [0, 0.05) is 61.6 Å². The van der Waals surface area contributed by atoms with Gasteiger partial charge in [-0.25, -0.2) is 0 Å². The van der Waals surface area contributed by atoms with E-state index in [1.165, 1.54) is 4.68 Å². The van der Waals surface area contributed by atoms with Crippen molar-refractivity contribution in [2.24, 2.45) is 7.05 Å². The monoisotopic (exact) mass is 560 g/mol. The Hall–Kier alpha value is -4.47. The van der Waals surface area contributed by atoms with Crippen molar-refractivity contribution in [2.45, 2.75) is 46.0 Å². The van der Waals surface area contributed by atoms with Crippen LogP contribution in [-0.4, -0.2) is 64.2 Å². The number of carbonyl (C=O) groups is 2. The molecule has 1 fully saturated rings. The first-order valence-electron chi connectivity index (χ1n) is 13.9. The maximum Gasteiger partial charge on any atom is 0.222 e. The van der Waals surface area contributed by atoms with Gasteiger partial charge in [0.1, 0.15) is 5.82 Å². The third-order valence-electron chi connectivity index (χ3n) is 7.04. The van der Waals surface area contributed by atoms with E-state index < -0.39 is 0 Å². The van der Waals surface area contributed by atoms with Gasteiger partial charge in [0.25, 0.3) is 0 Å². The Bertz CT molecular complexity index is 1390. The number of hydrogen-bond acceptors (Lipinski definition) is 8. The number of aromatic nitrogens is 4. The van der Waals surface area contributed by atoms with Gasteiger partial charge in [-0.05, 0) is 37.1 Å². The summed E-state index contributed by atoms with van der Waals surface area (Å²) in [5.74, 6) is 1.61. The number of hydrogen-bond donors (Lipinski definition) is 1. The summed E-state index contributed by atoms with van der Waals surface area (Å²) in [6.07, 6.45) is 7.72. The zero-order valence-corrected chi connectivity index (χ0v) is 24.8. The van der Waals surface area contributed by atoms with Crippen LogP contribution in [0.2, 0.25) is 0 Å². The third-order valence-corrected chi connectivity index (χ3v) is 7.04. The first-order chi connectivity index (χ1) is 19.9. The van der Waals surface area contributed by atoms with Gasteiger partial charge in [0.2, 0.25) is 5.91 Å². The minimum atomic E-state index is -0.0146. The largest absolute Gasteiger partial charge is 0.493 e. The van der Waals surface area contributed by atoms with E-state index in [9.17, 15) is 9.59 Å². The number of likely N-dealkylation sites (tertiary alicyclic amines) is 1. The van der Waals surface area contributed by atoms with Gasteiger partial charge < -0.3 is 20.1 Å². The number of nitrogens with zero attached hydrogens (tertiary/aromatic N) is 5. The number of nitrogens with two attached hydrogens (primary N) is 1. The van der Waals surface area contributed by atoms with Gasteiger partial charge in [-0.3, -0.25) is 24.2 Å². The quantitative estimate of drug-likeness (QED) is 0.390. The van der Waals surface area contributed by atoms with Crippen LogP contribution in [0.25, 0.3) is 22.4 Å². The number of piperidine rings is 1. The SMILES string of the molecule is CC.CCC(=O)N1CCC(c2ncc(-c3ccc(-c4ccc(OC)c(OC)c4)nc3)cnn(C)c(N)c2C=O)CC1. The standard InChI is InChI=1S/C29H34N6O4.C2H6/c1-5-27(37)35-12-10-19(11-13-35)28-23(18-36)29(30)34(2)33-17-22(16-32-28)21-6-8-24(31-15-21)20-7-9-25(38-3)26(14-20)39-4;1-2/h6-9,14-19H,5,10-13,30H2,1-4H3;1-2H3. The third kappa shape index (κ3) is 7.19. The van der Waals surface area contributed by atoms with Crippen LogP contribution in [0.4, 0.5) is 5.82 Å². The molecule has 3 heterocycles. The average Bonchev–Trinajstić information content (AvgIpc) is 3.09. The maximum absolute atomic E-state index is 12.2. The Morgan fingerprint density at radius 2 is 1.63 bits per heavy atom. The molecule has 10 nitrogen and oxygen atoms in total. The van der Waals surface area contributed by atoms with Gasteiger partial charge in [-0.15, -0.1) is 0 Å². The van der Waals surface area contributed by atoms with Crippen molar-refractivity contribution in [3.8, 4) is 33.9 Å². The van der Waals surface area contributed by atoms with E-state index in [1.807, 2.05) is 56.0 Å². The average molecular weight is 561 g/mol. The molecule has 1 saturated heterocycles. The van der Waals surface area contributed by atoms with Crippen molar-refractivity contribution in [2.75, 3.05) is 33.0 Å². The minimum absolute atomic E-state index is 0.0146. The topological polar surface area (TPSA) is 125 Å². The van der Waals surface area contributed by atoms with E-state index in [-0.39, 0.29) is 17.6 Å². The normalized spacial score (nSPS) is 13.0. The lowest BCUT2D eigenvalue weighted by Crippen LogP contribution is -2.37. The Morgan fingerprint density at radius 1 is 0.976 bits per heavy atom. The summed E-state index contributed by atoms with van der Waals surface area (Å²) in [5.41, 5.74) is 10.4. The first-order valence-corrected chi connectivity index (χ1v) is 13.9. The fourth-order valence-corrected chi connectivity index (χ4v) is 4.71. The Labute approximate surface area is 241 Å². The van der Waals surface area contributed by atoms with Crippen molar-refractivity contribution >= 4 is 18.0 Å². The van der Waals surface area contributed by atoms with Crippen LogP contribution >= 0.6 is 0 Å². The number of aldehydes is 1. The molecule has 0 radical (unpaired) electrons. The predicted octanol–water partition coefficient (Wildman–Crippen LogP) is 5.22. The van der Waals surface area contributed by atoms with E-state index in [0.29, 0.717) is 60.7 Å². The molecule has 41 heavy (non-hydrogen) atoms. The number of pyridine rings is 1. The van der Waals surface area contributed by atoms with E-state index >= 15 is 0 Å². The molecule has 0 aliphatic carbocycles. The van der Waals surface area contributed by atoms with Crippen LogP contribution in [0.1, 0.15) is 62.0 Å². The summed E-state index contributed by atoms with van der Waals surface area (Å²) in [7, 11) is 4.88. The molecule has 0 atom stereocenters. The number of nitrogen functional groups attached to an aromatic ring is 1. The fraction of sp³-hybridized carbons (Fsp3) is 0.387. The van der Waals surface area contributed by atoms with Crippen molar-refractivity contribution in [3.63, 3.8) is 0 Å². The molecule has 0 bridgehead atoms. The molecule has 0 unspecified atom stereocenters. The number of amides is 1. The number of carbonyl (C=O) groups excluding carboxylic acids is 2. The highest BCUT2D eigenvalue weighted by Crippen LogP contribution is 2.33. The van der Waals surface area contributed by atoms with Crippen LogP contribution in [0, 0.1) is 0 Å². The van der Waals surface area contributed by atoms with Crippen LogP contribution < -0.4 is 15.2 Å². The molecule has 3 aromatic rings. The highest BCUT2D eigenvalue weighted by Gasteiger charge is 2.26. The molecule has 1 aliphatic rings. The van der Waals surface area contributed by atoms with Crippen LogP contribution in [-0.2, 0) is 11.8 Å². The van der Waals surface area contributed by atoms with Gasteiger partial charge in [0.05, 0.1) is 37.4 Å². The summed E-state index contributed by atoms with van der Waals surface area (Å²) >= 11 is 0. The molecule has 0 saturated carbocycles. The summed E-state index contributed by atoms with van der Waals surface area (Å²) in [4.78, 5) is 35.6. The van der Waals surface area contributed by atoms with Crippen LogP contribution in [0.5, 0.6) is 11.5 Å². The zero-order chi connectivity index (χ0) is 29.9. The van der Waals surface area contributed by atoms with Crippen molar-refractivity contribution in [3.05, 3.63) is 60.2 Å². The molecule has 1 aromatic carbocycles. The number of anilines is 1. The highest BCUT2D eigenvalue weighted by molar-refractivity contribution is 5.83. The van der Waals surface area contributed by atoms with Crippen LogP contribution in [0.3, 0.4) is 0 Å². The summed E-state index contributed by atoms with van der Waals surface area (Å²) in [5, 5.41) is 4.44. The molecule has 2 aromatic heterocycles. The van der Waals surface area contributed by atoms with Crippen LogP contribution in [0.15, 0.2) is 48.9 Å². The number of aryl methyl sites for hydroxylation is 1. The van der Waals surface area contributed by atoms with E-state index in [4.69, 9.17) is 20.2 Å². The molecule has 218 valence electrons. The molecular formula is C31H40N6O4. The van der Waals surface area contributed by atoms with Gasteiger partial charge in [-0.2, -0.15) is 5.10 Å². The van der Waals surface area contributed by atoms with Crippen molar-refractivity contribution in [1.29, 1.82) is 0 Å².